The van der Waals surface area contributed by atoms with Gasteiger partial charge in [-0.05, 0) is 36.4 Å². The molecule has 0 amide bonds. The standard InChI is InChI=1S/C29H26FNO3S/c1-18-26(29(33)34-14-13-19-8-3-2-4-9-19)27(21-10-5-6-11-22(21)30)28-23(31-18)16-20(17-24(28)32)25-12-7-15-35-25/h2-12,15,20,27,31H,13-14,16-17H2,1H3. The molecule has 1 N–H and O–H groups in total. The van der Waals surface area contributed by atoms with Gasteiger partial charge in [0, 0.05) is 46.2 Å². The summed E-state index contributed by atoms with van der Waals surface area (Å²) in [6.45, 7) is 1.99. The summed E-state index contributed by atoms with van der Waals surface area (Å²) < 4.78 is 20.7. The number of dihydropyridines is 1. The van der Waals surface area contributed by atoms with E-state index in [-0.39, 0.29) is 18.3 Å². The second-order valence-corrected chi connectivity index (χ2v) is 9.90. The number of esters is 1. The smallest absolute Gasteiger partial charge is 0.336 e. The van der Waals surface area contributed by atoms with Crippen molar-refractivity contribution < 1.29 is 18.7 Å². The van der Waals surface area contributed by atoms with Gasteiger partial charge in [-0.3, -0.25) is 4.79 Å². The molecular weight excluding hydrogens is 461 g/mol. The predicted molar refractivity (Wildman–Crippen MR) is 134 cm³/mol. The predicted octanol–water partition coefficient (Wildman–Crippen LogP) is 6.03. The van der Waals surface area contributed by atoms with E-state index < -0.39 is 17.7 Å². The lowest BCUT2D eigenvalue weighted by Gasteiger charge is -2.36. The van der Waals surface area contributed by atoms with E-state index in [1.54, 1.807) is 36.5 Å². The summed E-state index contributed by atoms with van der Waals surface area (Å²) in [5.41, 5.74) is 3.52. The highest BCUT2D eigenvalue weighted by Gasteiger charge is 2.42. The molecule has 2 unspecified atom stereocenters. The largest absolute Gasteiger partial charge is 0.462 e. The number of hydrogen-bond acceptors (Lipinski definition) is 5. The highest BCUT2D eigenvalue weighted by Crippen LogP contribution is 2.46. The Morgan fingerprint density at radius 3 is 2.57 bits per heavy atom. The lowest BCUT2D eigenvalue weighted by atomic mass is 9.72. The topological polar surface area (TPSA) is 55.4 Å². The molecule has 3 aromatic rings. The first-order chi connectivity index (χ1) is 17.0. The molecule has 6 heteroatoms. The zero-order chi connectivity index (χ0) is 24.4. The van der Waals surface area contributed by atoms with Crippen molar-refractivity contribution in [2.75, 3.05) is 6.61 Å². The van der Waals surface area contributed by atoms with Crippen LogP contribution in [0.2, 0.25) is 0 Å². The first-order valence-electron chi connectivity index (χ1n) is 11.8. The van der Waals surface area contributed by atoms with E-state index in [1.807, 2.05) is 47.8 Å². The average Bonchev–Trinajstić information content (AvgIpc) is 3.39. The molecule has 0 radical (unpaired) electrons. The number of thiophene rings is 1. The Bertz CT molecular complexity index is 1310. The minimum Gasteiger partial charge on any atom is -0.462 e. The molecule has 1 aliphatic heterocycles. The van der Waals surface area contributed by atoms with Crippen LogP contribution in [0.4, 0.5) is 4.39 Å². The molecule has 5 rings (SSSR count). The number of nitrogens with one attached hydrogen (secondary N) is 1. The molecule has 0 saturated heterocycles. The first-order valence-corrected chi connectivity index (χ1v) is 12.6. The number of rotatable bonds is 6. The third kappa shape index (κ3) is 4.71. The second kappa shape index (κ2) is 10.0. The summed E-state index contributed by atoms with van der Waals surface area (Å²) in [5.74, 6) is -1.76. The van der Waals surface area contributed by atoms with Gasteiger partial charge in [-0.2, -0.15) is 0 Å². The summed E-state index contributed by atoms with van der Waals surface area (Å²) in [6.07, 6.45) is 1.55. The van der Waals surface area contributed by atoms with E-state index in [0.29, 0.717) is 41.7 Å². The molecular formula is C29H26FNO3S. The number of halogens is 1. The summed E-state index contributed by atoms with van der Waals surface area (Å²) in [7, 11) is 0. The normalized spacial score (nSPS) is 19.9. The average molecular weight is 488 g/mol. The van der Waals surface area contributed by atoms with E-state index in [2.05, 4.69) is 5.32 Å². The SMILES string of the molecule is CC1=C(C(=O)OCCc2ccccc2)C(c2ccccc2F)C2=C(CC(c3cccs3)CC2=O)N1. The molecule has 2 aromatic carbocycles. The van der Waals surface area contributed by atoms with Gasteiger partial charge in [0.25, 0.3) is 0 Å². The van der Waals surface area contributed by atoms with Gasteiger partial charge in [0.15, 0.2) is 5.78 Å². The van der Waals surface area contributed by atoms with Crippen LogP contribution in [0.5, 0.6) is 0 Å². The zero-order valence-corrected chi connectivity index (χ0v) is 20.2. The quantitative estimate of drug-likeness (QED) is 0.431. The third-order valence-corrected chi connectivity index (χ3v) is 7.71. The van der Waals surface area contributed by atoms with Crippen molar-refractivity contribution in [1.82, 2.24) is 5.32 Å². The Morgan fingerprint density at radius 2 is 1.83 bits per heavy atom. The van der Waals surface area contributed by atoms with E-state index in [9.17, 15) is 9.59 Å². The molecule has 2 atom stereocenters. The van der Waals surface area contributed by atoms with Crippen LogP contribution in [0.15, 0.2) is 94.7 Å². The van der Waals surface area contributed by atoms with Crippen molar-refractivity contribution in [3.05, 3.63) is 116 Å². The molecule has 2 heterocycles. The maximum Gasteiger partial charge on any atom is 0.336 e. The fourth-order valence-electron chi connectivity index (χ4n) is 5.04. The molecule has 4 nitrogen and oxygen atoms in total. The monoisotopic (exact) mass is 487 g/mol. The fraction of sp³-hybridized carbons (Fsp3) is 0.241. The third-order valence-electron chi connectivity index (χ3n) is 6.68. The van der Waals surface area contributed by atoms with E-state index >= 15 is 4.39 Å². The Balaban J connectivity index is 1.47. The molecule has 0 fully saturated rings. The number of carbonyl (C=O) groups is 2. The molecule has 1 aromatic heterocycles. The lowest BCUT2D eigenvalue weighted by Crippen LogP contribution is -2.36. The Kier molecular flexibility index (Phi) is 6.64. The molecule has 2 aliphatic rings. The maximum atomic E-state index is 15.1. The number of ether oxygens (including phenoxy) is 1. The van der Waals surface area contributed by atoms with E-state index in [0.717, 1.165) is 16.1 Å². The van der Waals surface area contributed by atoms with Crippen LogP contribution in [-0.2, 0) is 20.7 Å². The Labute approximate surface area is 208 Å². The number of Topliss-reactive ketones (excluding diaryl/α,β-unsaturated/α-hetero) is 1. The second-order valence-electron chi connectivity index (χ2n) is 8.93. The van der Waals surface area contributed by atoms with Gasteiger partial charge in [-0.25, -0.2) is 9.18 Å². The van der Waals surface area contributed by atoms with Crippen LogP contribution in [0.1, 0.15) is 47.6 Å². The zero-order valence-electron chi connectivity index (χ0n) is 19.4. The number of benzene rings is 2. The van der Waals surface area contributed by atoms with Gasteiger partial charge >= 0.3 is 5.97 Å². The minimum absolute atomic E-state index is 0.0625. The van der Waals surface area contributed by atoms with Crippen molar-refractivity contribution in [2.45, 2.75) is 38.0 Å². The van der Waals surface area contributed by atoms with Gasteiger partial charge in [0.2, 0.25) is 0 Å². The van der Waals surface area contributed by atoms with Crippen LogP contribution in [0.25, 0.3) is 0 Å². The van der Waals surface area contributed by atoms with Crippen molar-refractivity contribution in [1.29, 1.82) is 0 Å². The van der Waals surface area contributed by atoms with Crippen molar-refractivity contribution >= 4 is 23.1 Å². The minimum atomic E-state index is -0.798. The van der Waals surface area contributed by atoms with E-state index in [4.69, 9.17) is 4.74 Å². The van der Waals surface area contributed by atoms with Crippen LogP contribution < -0.4 is 5.32 Å². The molecule has 178 valence electrons. The fourth-order valence-corrected chi connectivity index (χ4v) is 5.87. The molecule has 1 aliphatic carbocycles. The van der Waals surface area contributed by atoms with Gasteiger partial charge in [0.1, 0.15) is 5.82 Å². The van der Waals surface area contributed by atoms with Crippen molar-refractivity contribution in [3.8, 4) is 0 Å². The first kappa shape index (κ1) is 23.2. The molecule has 35 heavy (non-hydrogen) atoms. The summed E-state index contributed by atoms with van der Waals surface area (Å²) in [5, 5.41) is 5.33. The summed E-state index contributed by atoms with van der Waals surface area (Å²) >= 11 is 1.64. The van der Waals surface area contributed by atoms with Crippen LogP contribution in [0.3, 0.4) is 0 Å². The number of ketones is 1. The van der Waals surface area contributed by atoms with Gasteiger partial charge in [0.05, 0.1) is 18.1 Å². The van der Waals surface area contributed by atoms with Crippen LogP contribution in [0, 0.1) is 5.82 Å². The maximum absolute atomic E-state index is 15.1. The van der Waals surface area contributed by atoms with Gasteiger partial charge in [-0.15, -0.1) is 11.3 Å². The van der Waals surface area contributed by atoms with Crippen molar-refractivity contribution in [2.24, 2.45) is 0 Å². The number of allylic oxidation sites excluding steroid dienone is 3. The highest BCUT2D eigenvalue weighted by molar-refractivity contribution is 7.10. The molecule has 0 spiro atoms. The van der Waals surface area contributed by atoms with Gasteiger partial charge in [-0.1, -0.05) is 54.6 Å². The number of carbonyl (C=O) groups excluding carboxylic acids is 2. The van der Waals surface area contributed by atoms with Gasteiger partial charge < -0.3 is 10.1 Å². The Morgan fingerprint density at radius 1 is 1.06 bits per heavy atom. The van der Waals surface area contributed by atoms with E-state index in [1.165, 1.54) is 6.07 Å². The number of hydrogen-bond donors (Lipinski definition) is 1. The lowest BCUT2D eigenvalue weighted by molar-refractivity contribution is -0.139. The molecule has 0 saturated carbocycles. The highest BCUT2D eigenvalue weighted by atomic mass is 32.1. The van der Waals surface area contributed by atoms with Crippen molar-refractivity contribution in [3.63, 3.8) is 0 Å². The Hall–Kier alpha value is -3.51. The summed E-state index contributed by atoms with van der Waals surface area (Å²) in [6, 6.07) is 20.2. The van der Waals surface area contributed by atoms with Crippen LogP contribution >= 0.6 is 11.3 Å². The summed E-state index contributed by atoms with van der Waals surface area (Å²) in [4.78, 5) is 28.0. The van der Waals surface area contributed by atoms with Crippen LogP contribution in [-0.4, -0.2) is 18.4 Å². The molecule has 0 bridgehead atoms.